The van der Waals surface area contributed by atoms with Gasteiger partial charge >= 0.3 is 6.09 Å². The summed E-state index contributed by atoms with van der Waals surface area (Å²) >= 11 is 0. The summed E-state index contributed by atoms with van der Waals surface area (Å²) in [5.74, 6) is 0.216. The van der Waals surface area contributed by atoms with E-state index >= 15 is 0 Å². The molecule has 1 aliphatic heterocycles. The van der Waals surface area contributed by atoms with E-state index < -0.39 is 11.9 Å². The molecule has 4 heterocycles. The number of nitrogens with one attached hydrogen (secondary N) is 1. The van der Waals surface area contributed by atoms with Gasteiger partial charge in [-0.05, 0) is 49.1 Å². The van der Waals surface area contributed by atoms with Gasteiger partial charge in [0, 0.05) is 56.3 Å². The zero-order valence-electron chi connectivity index (χ0n) is 19.1. The Morgan fingerprint density at radius 2 is 2.06 bits per heavy atom. The number of nitrogens with zero attached hydrogens (tertiary/aromatic N) is 5. The van der Waals surface area contributed by atoms with Crippen LogP contribution in [0.5, 0.6) is 0 Å². The maximum Gasteiger partial charge on any atom is 0.407 e. The molecular formula is C25H25FN6O3. The van der Waals surface area contributed by atoms with Gasteiger partial charge in [0.25, 0.3) is 0 Å². The third kappa shape index (κ3) is 4.78. The van der Waals surface area contributed by atoms with Gasteiger partial charge < -0.3 is 20.1 Å². The maximum absolute atomic E-state index is 14.7. The second kappa shape index (κ2) is 9.67. The number of anilines is 2. The van der Waals surface area contributed by atoms with E-state index in [1.165, 1.54) is 11.0 Å². The van der Waals surface area contributed by atoms with Crippen molar-refractivity contribution in [2.75, 3.05) is 25.5 Å². The Kier molecular flexibility index (Phi) is 6.28. The Labute approximate surface area is 201 Å². The summed E-state index contributed by atoms with van der Waals surface area (Å²) in [6.45, 7) is 0.965. The molecule has 0 saturated carbocycles. The van der Waals surface area contributed by atoms with Gasteiger partial charge in [-0.15, -0.1) is 0 Å². The molecule has 35 heavy (non-hydrogen) atoms. The summed E-state index contributed by atoms with van der Waals surface area (Å²) in [5.41, 5.74) is 2.40. The fourth-order valence-corrected chi connectivity index (χ4v) is 4.51. The Morgan fingerprint density at radius 1 is 1.23 bits per heavy atom. The number of aromatic nitrogens is 4. The quantitative estimate of drug-likeness (QED) is 0.413. The molecule has 1 aliphatic rings. The topological polar surface area (TPSA) is 105 Å². The van der Waals surface area contributed by atoms with Crippen molar-refractivity contribution in [1.82, 2.24) is 24.6 Å². The third-order valence-corrected chi connectivity index (χ3v) is 6.36. The van der Waals surface area contributed by atoms with Crippen LogP contribution in [0.25, 0.3) is 16.6 Å². The number of hydrogen-bond donors (Lipinski definition) is 2. The number of fused-ring (bicyclic) bond motifs is 1. The molecule has 0 radical (unpaired) electrons. The molecule has 3 aromatic heterocycles. The molecule has 1 atom stereocenters. The van der Waals surface area contributed by atoms with Crippen LogP contribution in [0.1, 0.15) is 24.6 Å². The number of amides is 1. The van der Waals surface area contributed by atoms with Crippen LogP contribution in [-0.2, 0) is 4.74 Å². The number of methoxy groups -OCH3 is 1. The lowest BCUT2D eigenvalue weighted by Gasteiger charge is -2.33. The molecule has 0 spiro atoms. The van der Waals surface area contributed by atoms with E-state index in [1.54, 1.807) is 54.6 Å². The standard InChI is InChI=1S/C25H25FN6O3/c1-35-24(16-7-11-31(12-8-16)25(33)34)21-5-3-17-15-27-23(14-22(17)29-21)30-20-6-4-18(13-19(20)26)32-10-2-9-28-32/h2-6,9-10,13-16,24H,7-8,11-12H2,1H3,(H,27,30)(H,33,34). The van der Waals surface area contributed by atoms with E-state index in [1.807, 2.05) is 12.1 Å². The van der Waals surface area contributed by atoms with Crippen LogP contribution in [0.3, 0.4) is 0 Å². The highest BCUT2D eigenvalue weighted by Crippen LogP contribution is 2.33. The Morgan fingerprint density at radius 3 is 2.74 bits per heavy atom. The lowest BCUT2D eigenvalue weighted by atomic mass is 9.89. The van der Waals surface area contributed by atoms with Crippen molar-refractivity contribution in [2.45, 2.75) is 18.9 Å². The fraction of sp³-hybridized carbons (Fsp3) is 0.280. The number of pyridine rings is 2. The highest BCUT2D eigenvalue weighted by molar-refractivity contribution is 5.81. The SMILES string of the molecule is COC(c1ccc2cnc(Nc3ccc(-n4cccn4)cc3F)cc2n1)C1CCN(C(=O)O)CC1. The highest BCUT2D eigenvalue weighted by atomic mass is 19.1. The number of ether oxygens (including phenoxy) is 1. The summed E-state index contributed by atoms with van der Waals surface area (Å²) in [5, 5.41) is 17.2. The normalized spacial score (nSPS) is 15.3. The Balaban J connectivity index is 1.36. The van der Waals surface area contributed by atoms with Gasteiger partial charge in [0.1, 0.15) is 17.7 Å². The van der Waals surface area contributed by atoms with E-state index in [4.69, 9.17) is 9.72 Å². The first-order valence-electron chi connectivity index (χ1n) is 11.4. The van der Waals surface area contributed by atoms with Gasteiger partial charge in [-0.1, -0.05) is 0 Å². The molecule has 0 bridgehead atoms. The summed E-state index contributed by atoms with van der Waals surface area (Å²) in [6.07, 6.45) is 5.37. The monoisotopic (exact) mass is 476 g/mol. The van der Waals surface area contributed by atoms with Crippen molar-refractivity contribution in [3.8, 4) is 5.69 Å². The minimum atomic E-state index is -0.888. The number of hydrogen-bond acceptors (Lipinski definition) is 6. The van der Waals surface area contributed by atoms with Crippen molar-refractivity contribution in [1.29, 1.82) is 0 Å². The minimum absolute atomic E-state index is 0.169. The average molecular weight is 477 g/mol. The van der Waals surface area contributed by atoms with Crippen LogP contribution in [0.15, 0.2) is 61.1 Å². The molecule has 9 nitrogen and oxygen atoms in total. The number of rotatable bonds is 6. The zero-order chi connectivity index (χ0) is 24.4. The van der Waals surface area contributed by atoms with Crippen molar-refractivity contribution in [3.63, 3.8) is 0 Å². The van der Waals surface area contributed by atoms with E-state index in [9.17, 15) is 14.3 Å². The van der Waals surface area contributed by atoms with Crippen molar-refractivity contribution in [2.24, 2.45) is 5.92 Å². The summed E-state index contributed by atoms with van der Waals surface area (Å²) < 4.78 is 22.1. The second-order valence-electron chi connectivity index (χ2n) is 8.50. The predicted octanol–water partition coefficient (Wildman–Crippen LogP) is 4.78. The van der Waals surface area contributed by atoms with E-state index in [2.05, 4.69) is 15.4 Å². The van der Waals surface area contributed by atoms with Crippen LogP contribution < -0.4 is 5.32 Å². The van der Waals surface area contributed by atoms with Crippen LogP contribution in [0.4, 0.5) is 20.7 Å². The van der Waals surface area contributed by atoms with Crippen LogP contribution >= 0.6 is 0 Å². The van der Waals surface area contributed by atoms with E-state index in [0.717, 1.165) is 11.1 Å². The summed E-state index contributed by atoms with van der Waals surface area (Å²) in [7, 11) is 1.65. The van der Waals surface area contributed by atoms with Gasteiger partial charge in [-0.25, -0.2) is 23.8 Å². The van der Waals surface area contributed by atoms with Crippen LogP contribution in [0.2, 0.25) is 0 Å². The predicted molar refractivity (Wildman–Crippen MR) is 128 cm³/mol. The van der Waals surface area contributed by atoms with Gasteiger partial charge in [0.2, 0.25) is 0 Å². The lowest BCUT2D eigenvalue weighted by molar-refractivity contribution is 0.0191. The van der Waals surface area contributed by atoms with Gasteiger partial charge in [0.05, 0.1) is 22.6 Å². The molecule has 5 rings (SSSR count). The van der Waals surface area contributed by atoms with Gasteiger partial charge in [0.15, 0.2) is 0 Å². The minimum Gasteiger partial charge on any atom is -0.465 e. The highest BCUT2D eigenvalue weighted by Gasteiger charge is 2.30. The molecule has 1 unspecified atom stereocenters. The number of halogens is 1. The van der Waals surface area contributed by atoms with Gasteiger partial charge in [-0.3, -0.25) is 0 Å². The van der Waals surface area contributed by atoms with Crippen molar-refractivity contribution in [3.05, 3.63) is 72.6 Å². The largest absolute Gasteiger partial charge is 0.465 e. The zero-order valence-corrected chi connectivity index (χ0v) is 19.1. The van der Waals surface area contributed by atoms with Crippen LogP contribution in [0, 0.1) is 11.7 Å². The van der Waals surface area contributed by atoms with Crippen LogP contribution in [-0.4, -0.2) is 56.0 Å². The first kappa shape index (κ1) is 22.7. The number of likely N-dealkylation sites (tertiary alicyclic amines) is 1. The smallest absolute Gasteiger partial charge is 0.407 e. The molecule has 1 saturated heterocycles. The number of piperidine rings is 1. The first-order valence-corrected chi connectivity index (χ1v) is 11.4. The molecule has 1 aromatic carbocycles. The summed E-state index contributed by atoms with van der Waals surface area (Å²) in [6, 6.07) is 12.2. The average Bonchev–Trinajstić information content (AvgIpc) is 3.41. The Hall–Kier alpha value is -4.05. The molecule has 1 fully saturated rings. The van der Waals surface area contributed by atoms with Crippen molar-refractivity contribution < 1.29 is 19.0 Å². The number of carboxylic acid groups (broad SMARTS) is 1. The molecule has 2 N–H and O–H groups in total. The lowest BCUT2D eigenvalue weighted by Crippen LogP contribution is -2.39. The molecule has 1 amide bonds. The third-order valence-electron chi connectivity index (χ3n) is 6.36. The fourth-order valence-electron chi connectivity index (χ4n) is 4.51. The molecule has 10 heteroatoms. The van der Waals surface area contributed by atoms with E-state index in [-0.39, 0.29) is 12.0 Å². The Bertz CT molecular complexity index is 1340. The summed E-state index contributed by atoms with van der Waals surface area (Å²) in [4.78, 5) is 21.9. The second-order valence-corrected chi connectivity index (χ2v) is 8.50. The number of benzene rings is 1. The first-order chi connectivity index (χ1) is 17.0. The van der Waals surface area contributed by atoms with Crippen molar-refractivity contribution >= 4 is 28.5 Å². The maximum atomic E-state index is 14.7. The molecule has 0 aliphatic carbocycles. The van der Waals surface area contributed by atoms with Gasteiger partial charge in [-0.2, -0.15) is 5.10 Å². The molecule has 4 aromatic rings. The number of carbonyl (C=O) groups is 1. The molecular weight excluding hydrogens is 451 g/mol. The van der Waals surface area contributed by atoms with E-state index in [0.29, 0.717) is 48.6 Å². The molecule has 180 valence electrons.